The SMILES string of the molecule is C=CC(=O)Nc1cc(Nc2ncc3c(n2)N(C2CCC(F)(F)CC2)C(=O)N(C(C)C)C3)c(OC(F)F)cc1N1CC[C@@H](N(C)C)C1. The molecule has 2 aromatic rings. The summed E-state index contributed by atoms with van der Waals surface area (Å²) >= 11 is 0. The molecule has 1 saturated heterocycles. The Kier molecular flexibility index (Phi) is 9.61. The first-order valence-corrected chi connectivity index (χ1v) is 15.3. The highest BCUT2D eigenvalue weighted by molar-refractivity contribution is 6.02. The fraction of sp³-hybridized carbons (Fsp3) is 0.548. The van der Waals surface area contributed by atoms with Crippen molar-refractivity contribution in [3.63, 3.8) is 0 Å². The van der Waals surface area contributed by atoms with Gasteiger partial charge in [-0.15, -0.1) is 0 Å². The maximum Gasteiger partial charge on any atom is 0.387 e. The van der Waals surface area contributed by atoms with Crippen LogP contribution in [0.5, 0.6) is 5.75 Å². The molecule has 2 fully saturated rings. The molecule has 0 unspecified atom stereocenters. The highest BCUT2D eigenvalue weighted by Gasteiger charge is 2.43. The summed E-state index contributed by atoms with van der Waals surface area (Å²) in [4.78, 5) is 42.2. The molecule has 1 saturated carbocycles. The number of likely N-dealkylation sites (N-methyl/N-ethyl adjacent to an activating group) is 1. The van der Waals surface area contributed by atoms with Gasteiger partial charge in [-0.05, 0) is 59.3 Å². The molecular weight excluding hydrogens is 608 g/mol. The lowest BCUT2D eigenvalue weighted by atomic mass is 9.90. The lowest BCUT2D eigenvalue weighted by Gasteiger charge is -2.43. The zero-order valence-electron chi connectivity index (χ0n) is 26.4. The van der Waals surface area contributed by atoms with Crippen LogP contribution in [0.25, 0.3) is 0 Å². The zero-order chi connectivity index (χ0) is 33.3. The minimum Gasteiger partial charge on any atom is -0.433 e. The quantitative estimate of drug-likeness (QED) is 0.246. The van der Waals surface area contributed by atoms with Gasteiger partial charge in [0.25, 0.3) is 0 Å². The van der Waals surface area contributed by atoms with E-state index in [1.807, 2.05) is 32.8 Å². The van der Waals surface area contributed by atoms with E-state index in [0.717, 1.165) is 12.5 Å². The summed E-state index contributed by atoms with van der Waals surface area (Å²) in [6.45, 7) is 5.54. The van der Waals surface area contributed by atoms with Gasteiger partial charge in [-0.25, -0.2) is 18.6 Å². The van der Waals surface area contributed by atoms with Gasteiger partial charge in [-0.1, -0.05) is 6.58 Å². The second-order valence-corrected chi connectivity index (χ2v) is 12.4. The van der Waals surface area contributed by atoms with E-state index in [2.05, 4.69) is 32.1 Å². The van der Waals surface area contributed by atoms with Gasteiger partial charge in [0.05, 0.1) is 23.6 Å². The van der Waals surface area contributed by atoms with Gasteiger partial charge in [-0.2, -0.15) is 13.8 Å². The van der Waals surface area contributed by atoms with Crippen LogP contribution in [0.2, 0.25) is 0 Å². The van der Waals surface area contributed by atoms with Crippen molar-refractivity contribution in [2.75, 3.05) is 47.6 Å². The van der Waals surface area contributed by atoms with Gasteiger partial charge in [0.2, 0.25) is 17.8 Å². The van der Waals surface area contributed by atoms with Crippen molar-refractivity contribution in [2.45, 2.75) is 83.2 Å². The molecule has 1 aromatic carbocycles. The Bertz CT molecular complexity index is 1460. The number of amides is 3. The van der Waals surface area contributed by atoms with E-state index in [1.54, 1.807) is 4.90 Å². The summed E-state index contributed by atoms with van der Waals surface area (Å²) in [5.74, 6) is -3.25. The number of anilines is 5. The summed E-state index contributed by atoms with van der Waals surface area (Å²) in [5.41, 5.74) is 1.49. The second kappa shape index (κ2) is 13.3. The van der Waals surface area contributed by atoms with Gasteiger partial charge in [0.15, 0.2) is 5.75 Å². The van der Waals surface area contributed by atoms with Crippen molar-refractivity contribution in [1.82, 2.24) is 19.8 Å². The molecule has 3 aliphatic rings. The molecule has 46 heavy (non-hydrogen) atoms. The average Bonchev–Trinajstić information content (AvgIpc) is 3.49. The Morgan fingerprint density at radius 2 is 1.89 bits per heavy atom. The number of benzene rings is 1. The van der Waals surface area contributed by atoms with Crippen molar-refractivity contribution < 1.29 is 31.9 Å². The highest BCUT2D eigenvalue weighted by Crippen LogP contribution is 2.42. The number of rotatable bonds is 10. The molecule has 1 aliphatic carbocycles. The van der Waals surface area contributed by atoms with Crippen LogP contribution in [0.1, 0.15) is 51.5 Å². The first-order chi connectivity index (χ1) is 21.8. The number of carbonyl (C=O) groups is 2. The predicted molar refractivity (Wildman–Crippen MR) is 167 cm³/mol. The highest BCUT2D eigenvalue weighted by atomic mass is 19.3. The smallest absolute Gasteiger partial charge is 0.387 e. The molecule has 5 rings (SSSR count). The molecule has 0 bridgehead atoms. The van der Waals surface area contributed by atoms with Gasteiger partial charge >= 0.3 is 12.6 Å². The fourth-order valence-electron chi connectivity index (χ4n) is 6.18. The average molecular weight is 649 g/mol. The van der Waals surface area contributed by atoms with E-state index in [-0.39, 0.29) is 73.5 Å². The molecule has 0 radical (unpaired) electrons. The largest absolute Gasteiger partial charge is 0.433 e. The topological polar surface area (TPSA) is 106 Å². The molecule has 1 atom stereocenters. The van der Waals surface area contributed by atoms with Crippen molar-refractivity contribution in [1.29, 1.82) is 0 Å². The lowest BCUT2D eigenvalue weighted by Crippen LogP contribution is -2.55. The number of aromatic nitrogens is 2. The summed E-state index contributed by atoms with van der Waals surface area (Å²) in [7, 11) is 3.92. The molecule has 15 heteroatoms. The fourth-order valence-corrected chi connectivity index (χ4v) is 6.18. The van der Waals surface area contributed by atoms with E-state index in [9.17, 15) is 27.2 Å². The zero-order valence-corrected chi connectivity index (χ0v) is 26.4. The van der Waals surface area contributed by atoms with Gasteiger partial charge in [0.1, 0.15) is 5.82 Å². The summed E-state index contributed by atoms with van der Waals surface area (Å²) in [6.07, 6.45) is 2.97. The monoisotopic (exact) mass is 648 g/mol. The van der Waals surface area contributed by atoms with Gasteiger partial charge < -0.3 is 30.1 Å². The Labute approximate surface area is 265 Å². The number of hydrogen-bond acceptors (Lipinski definition) is 8. The number of urea groups is 1. The van der Waals surface area contributed by atoms with E-state index in [0.29, 0.717) is 30.0 Å². The molecule has 11 nitrogen and oxygen atoms in total. The Morgan fingerprint density at radius 3 is 2.50 bits per heavy atom. The minimum absolute atomic E-state index is 0.0302. The number of nitrogens with zero attached hydrogens (tertiary/aromatic N) is 6. The van der Waals surface area contributed by atoms with E-state index < -0.39 is 24.5 Å². The molecule has 2 N–H and O–H groups in total. The van der Waals surface area contributed by atoms with Crippen molar-refractivity contribution in [3.8, 4) is 5.75 Å². The maximum atomic E-state index is 14.0. The third-order valence-electron chi connectivity index (χ3n) is 8.78. The van der Waals surface area contributed by atoms with Gasteiger partial charge in [0, 0.05) is 61.9 Å². The molecular formula is C31H40F4N8O3. The summed E-state index contributed by atoms with van der Waals surface area (Å²) < 4.78 is 60.4. The standard InChI is InChI=1S/C31H40F4N8O3/c1-6-26(44)37-22-13-23(25(46-28(32)33)14-24(22)41-12-9-21(17-41)40(4)5)38-29-36-15-19-16-42(18(2)3)30(45)43(27(19)39-29)20-7-10-31(34,35)11-8-20/h6,13-15,18,20-21,28H,1,7-12,16-17H2,2-5H3,(H,37,44)(H,36,38,39)/t21-/m1/s1. The molecule has 250 valence electrons. The Hall–Kier alpha value is -4.14. The van der Waals surface area contributed by atoms with Crippen LogP contribution in [-0.4, -0.2) is 89.6 Å². The third kappa shape index (κ3) is 7.13. The number of fused-ring (bicyclic) bond motifs is 1. The summed E-state index contributed by atoms with van der Waals surface area (Å²) in [5, 5.41) is 5.69. The molecule has 0 spiro atoms. The minimum atomic E-state index is -3.15. The molecule has 1 aromatic heterocycles. The number of ether oxygens (including phenoxy) is 1. The predicted octanol–water partition coefficient (Wildman–Crippen LogP) is 5.81. The van der Waals surface area contributed by atoms with Crippen LogP contribution in [-0.2, 0) is 11.3 Å². The van der Waals surface area contributed by atoms with Crippen LogP contribution in [0.3, 0.4) is 0 Å². The van der Waals surface area contributed by atoms with Crippen molar-refractivity contribution in [3.05, 3.63) is 36.5 Å². The number of nitrogens with one attached hydrogen (secondary N) is 2. The molecule has 3 heterocycles. The molecule has 3 amide bonds. The number of hydrogen-bond donors (Lipinski definition) is 2. The Morgan fingerprint density at radius 1 is 1.17 bits per heavy atom. The Balaban J connectivity index is 1.53. The third-order valence-corrected chi connectivity index (χ3v) is 8.78. The van der Waals surface area contributed by atoms with E-state index >= 15 is 0 Å². The normalized spacial score (nSPS) is 20.0. The van der Waals surface area contributed by atoms with Crippen LogP contribution in [0.15, 0.2) is 31.0 Å². The van der Waals surface area contributed by atoms with Crippen LogP contribution in [0, 0.1) is 0 Å². The van der Waals surface area contributed by atoms with E-state index in [1.165, 1.54) is 23.2 Å². The number of halogens is 4. The second-order valence-electron chi connectivity index (χ2n) is 12.4. The van der Waals surface area contributed by atoms with Gasteiger partial charge in [-0.3, -0.25) is 9.69 Å². The van der Waals surface area contributed by atoms with Crippen molar-refractivity contribution in [2.24, 2.45) is 0 Å². The summed E-state index contributed by atoms with van der Waals surface area (Å²) in [6, 6.07) is 2.11. The van der Waals surface area contributed by atoms with Crippen LogP contribution in [0.4, 0.5) is 51.2 Å². The number of alkyl halides is 4. The first kappa shape index (κ1) is 33.2. The number of carbonyl (C=O) groups excluding carboxylic acids is 2. The molecule has 2 aliphatic heterocycles. The maximum absolute atomic E-state index is 14.0. The van der Waals surface area contributed by atoms with E-state index in [4.69, 9.17) is 4.74 Å². The lowest BCUT2D eigenvalue weighted by molar-refractivity contribution is -0.111. The van der Waals surface area contributed by atoms with Crippen LogP contribution >= 0.6 is 0 Å². The van der Waals surface area contributed by atoms with Crippen molar-refractivity contribution >= 4 is 40.8 Å². The van der Waals surface area contributed by atoms with Crippen LogP contribution < -0.4 is 25.2 Å². The first-order valence-electron chi connectivity index (χ1n) is 15.3.